The van der Waals surface area contributed by atoms with E-state index in [4.69, 9.17) is 4.74 Å². The molecule has 0 unspecified atom stereocenters. The maximum Gasteiger partial charge on any atom is 0.416 e. The van der Waals surface area contributed by atoms with Crippen molar-refractivity contribution in [1.29, 1.82) is 0 Å². The molecule has 0 bridgehead atoms. The summed E-state index contributed by atoms with van der Waals surface area (Å²) in [6.45, 7) is 1.18. The van der Waals surface area contributed by atoms with Gasteiger partial charge in [0, 0.05) is 17.2 Å². The maximum absolute atomic E-state index is 13.2. The Labute approximate surface area is 124 Å². The molecule has 6 heteroatoms. The molecule has 0 N–H and O–H groups in total. The molecule has 0 amide bonds. The van der Waals surface area contributed by atoms with Gasteiger partial charge in [-0.05, 0) is 36.8 Å². The number of ketones is 1. The van der Waals surface area contributed by atoms with Crippen molar-refractivity contribution < 1.29 is 27.1 Å². The van der Waals surface area contributed by atoms with Gasteiger partial charge in [0.25, 0.3) is 0 Å². The minimum atomic E-state index is -4.55. The van der Waals surface area contributed by atoms with Gasteiger partial charge in [-0.25, -0.2) is 4.39 Å². The number of rotatable bonds is 3. The number of methoxy groups -OCH3 is 1. The molecule has 0 saturated carbocycles. The predicted molar refractivity (Wildman–Crippen MR) is 73.4 cm³/mol. The normalized spacial score (nSPS) is 11.4. The fraction of sp³-hybridized carbons (Fsp3) is 0.188. The Morgan fingerprint density at radius 2 is 1.68 bits per heavy atom. The molecule has 0 radical (unpaired) electrons. The van der Waals surface area contributed by atoms with Gasteiger partial charge < -0.3 is 4.74 Å². The summed E-state index contributed by atoms with van der Waals surface area (Å²) in [7, 11) is 1.32. The molecule has 0 heterocycles. The summed E-state index contributed by atoms with van der Waals surface area (Å²) in [6.07, 6.45) is -4.55. The summed E-state index contributed by atoms with van der Waals surface area (Å²) in [5, 5.41) is 0. The fourth-order valence-corrected chi connectivity index (χ4v) is 2.13. The topological polar surface area (TPSA) is 26.3 Å². The third-order valence-corrected chi connectivity index (χ3v) is 3.18. The van der Waals surface area contributed by atoms with Gasteiger partial charge in [-0.1, -0.05) is 6.07 Å². The molecule has 0 aliphatic rings. The van der Waals surface area contributed by atoms with Crippen LogP contribution in [0, 0.1) is 5.82 Å². The SMILES string of the molecule is COc1cc(F)ccc1-c1ccc(C(F)(F)F)cc1C(C)=O. The Morgan fingerprint density at radius 1 is 1.05 bits per heavy atom. The number of carbonyl (C=O) groups excluding carboxylic acids is 1. The van der Waals surface area contributed by atoms with Crippen LogP contribution in [0.5, 0.6) is 5.75 Å². The van der Waals surface area contributed by atoms with Crippen molar-refractivity contribution in [3.63, 3.8) is 0 Å². The summed E-state index contributed by atoms with van der Waals surface area (Å²) in [5.74, 6) is -0.924. The van der Waals surface area contributed by atoms with Crippen molar-refractivity contribution in [3.8, 4) is 16.9 Å². The fourth-order valence-electron chi connectivity index (χ4n) is 2.13. The van der Waals surface area contributed by atoms with E-state index in [2.05, 4.69) is 0 Å². The standard InChI is InChI=1S/C16H12F4O2/c1-9(21)14-7-10(16(18,19)20)3-5-12(14)13-6-4-11(17)8-15(13)22-2/h3-8H,1-2H3. The molecule has 2 nitrogen and oxygen atoms in total. The van der Waals surface area contributed by atoms with Crippen LogP contribution in [0.15, 0.2) is 36.4 Å². The average molecular weight is 312 g/mol. The van der Waals surface area contributed by atoms with E-state index < -0.39 is 23.3 Å². The summed E-state index contributed by atoms with van der Waals surface area (Å²) < 4.78 is 56.6. The first kappa shape index (κ1) is 16.0. The third-order valence-electron chi connectivity index (χ3n) is 3.18. The van der Waals surface area contributed by atoms with Crippen LogP contribution in [0.1, 0.15) is 22.8 Å². The first-order chi connectivity index (χ1) is 10.2. The third kappa shape index (κ3) is 3.10. The van der Waals surface area contributed by atoms with Crippen LogP contribution in [-0.4, -0.2) is 12.9 Å². The van der Waals surface area contributed by atoms with Crippen molar-refractivity contribution in [2.24, 2.45) is 0 Å². The number of carbonyl (C=O) groups is 1. The lowest BCUT2D eigenvalue weighted by molar-refractivity contribution is -0.137. The van der Waals surface area contributed by atoms with Crippen molar-refractivity contribution in [3.05, 3.63) is 53.3 Å². The van der Waals surface area contributed by atoms with Crippen LogP contribution in [-0.2, 0) is 6.18 Å². The van der Waals surface area contributed by atoms with E-state index in [9.17, 15) is 22.4 Å². The molecule has 2 aromatic carbocycles. The molecule has 22 heavy (non-hydrogen) atoms. The van der Waals surface area contributed by atoms with Gasteiger partial charge in [0.1, 0.15) is 11.6 Å². The zero-order valence-corrected chi connectivity index (χ0v) is 11.8. The number of benzene rings is 2. The zero-order valence-electron chi connectivity index (χ0n) is 11.8. The summed E-state index contributed by atoms with van der Waals surface area (Å²) in [4.78, 5) is 11.7. The van der Waals surface area contributed by atoms with E-state index in [1.807, 2.05) is 0 Å². The van der Waals surface area contributed by atoms with E-state index in [-0.39, 0.29) is 16.9 Å². The van der Waals surface area contributed by atoms with Crippen LogP contribution >= 0.6 is 0 Å². The predicted octanol–water partition coefficient (Wildman–Crippen LogP) is 4.72. The molecule has 0 aliphatic heterocycles. The number of hydrogen-bond donors (Lipinski definition) is 0. The number of ether oxygens (including phenoxy) is 1. The molecule has 116 valence electrons. The van der Waals surface area contributed by atoms with Crippen LogP contribution in [0.25, 0.3) is 11.1 Å². The van der Waals surface area contributed by atoms with E-state index in [0.717, 1.165) is 24.3 Å². The molecule has 0 fully saturated rings. The minimum Gasteiger partial charge on any atom is -0.496 e. The van der Waals surface area contributed by atoms with E-state index in [1.165, 1.54) is 26.2 Å². The van der Waals surface area contributed by atoms with Crippen molar-refractivity contribution in [1.82, 2.24) is 0 Å². The second-order valence-corrected chi connectivity index (χ2v) is 4.66. The van der Waals surface area contributed by atoms with Crippen molar-refractivity contribution in [2.75, 3.05) is 7.11 Å². The van der Waals surface area contributed by atoms with Crippen LogP contribution in [0.3, 0.4) is 0 Å². The molecule has 0 spiro atoms. The smallest absolute Gasteiger partial charge is 0.416 e. The highest BCUT2D eigenvalue weighted by atomic mass is 19.4. The number of halogens is 4. The summed E-state index contributed by atoms with van der Waals surface area (Å²) >= 11 is 0. The van der Waals surface area contributed by atoms with Gasteiger partial charge in [0.2, 0.25) is 0 Å². The quantitative estimate of drug-likeness (QED) is 0.605. The van der Waals surface area contributed by atoms with Gasteiger partial charge in [-0.15, -0.1) is 0 Å². The molecule has 0 saturated heterocycles. The van der Waals surface area contributed by atoms with Gasteiger partial charge in [-0.2, -0.15) is 13.2 Å². The second kappa shape index (κ2) is 5.79. The van der Waals surface area contributed by atoms with Gasteiger partial charge in [-0.3, -0.25) is 4.79 Å². The van der Waals surface area contributed by atoms with E-state index in [0.29, 0.717) is 5.56 Å². The van der Waals surface area contributed by atoms with Crippen molar-refractivity contribution >= 4 is 5.78 Å². The van der Waals surface area contributed by atoms with E-state index >= 15 is 0 Å². The monoisotopic (exact) mass is 312 g/mol. The Bertz CT molecular complexity index is 721. The molecule has 2 rings (SSSR count). The Hall–Kier alpha value is -2.37. The maximum atomic E-state index is 13.2. The molecule has 0 aromatic heterocycles. The molecule has 0 aliphatic carbocycles. The first-order valence-electron chi connectivity index (χ1n) is 6.30. The minimum absolute atomic E-state index is 0.0975. The van der Waals surface area contributed by atoms with Crippen LogP contribution in [0.2, 0.25) is 0 Å². The number of alkyl halides is 3. The summed E-state index contributed by atoms with van der Waals surface area (Å²) in [6, 6.07) is 6.49. The number of Topliss-reactive ketones (excluding diaryl/α,β-unsaturated/α-hetero) is 1. The lowest BCUT2D eigenvalue weighted by Gasteiger charge is -2.14. The van der Waals surface area contributed by atoms with Crippen LogP contribution in [0.4, 0.5) is 17.6 Å². The zero-order chi connectivity index (χ0) is 16.5. The lowest BCUT2D eigenvalue weighted by atomic mass is 9.94. The summed E-state index contributed by atoms with van der Waals surface area (Å²) in [5.41, 5.74) is -0.401. The highest BCUT2D eigenvalue weighted by Crippen LogP contribution is 2.37. The largest absolute Gasteiger partial charge is 0.496 e. The second-order valence-electron chi connectivity index (χ2n) is 4.66. The van der Waals surface area contributed by atoms with Gasteiger partial charge >= 0.3 is 6.18 Å². The Morgan fingerprint density at radius 3 is 2.23 bits per heavy atom. The highest BCUT2D eigenvalue weighted by Gasteiger charge is 2.31. The first-order valence-corrected chi connectivity index (χ1v) is 6.30. The number of hydrogen-bond acceptors (Lipinski definition) is 2. The molecule has 2 aromatic rings. The van der Waals surface area contributed by atoms with Crippen molar-refractivity contribution in [2.45, 2.75) is 13.1 Å². The lowest BCUT2D eigenvalue weighted by Crippen LogP contribution is -2.08. The van der Waals surface area contributed by atoms with E-state index in [1.54, 1.807) is 0 Å². The molecule has 0 atom stereocenters. The highest BCUT2D eigenvalue weighted by molar-refractivity contribution is 6.01. The molecular formula is C16H12F4O2. The Kier molecular flexibility index (Phi) is 4.21. The van der Waals surface area contributed by atoms with Crippen LogP contribution < -0.4 is 4.74 Å². The van der Waals surface area contributed by atoms with Gasteiger partial charge in [0.05, 0.1) is 12.7 Å². The van der Waals surface area contributed by atoms with Gasteiger partial charge in [0.15, 0.2) is 5.78 Å². The molecular weight excluding hydrogens is 300 g/mol. The average Bonchev–Trinajstić information content (AvgIpc) is 2.45. The Balaban J connectivity index is 2.68.